The quantitative estimate of drug-likeness (QED) is 0.115. The summed E-state index contributed by atoms with van der Waals surface area (Å²) in [5.41, 5.74) is 7.93. The van der Waals surface area contributed by atoms with Gasteiger partial charge in [-0.2, -0.15) is 0 Å². The van der Waals surface area contributed by atoms with Crippen LogP contribution in [-0.4, -0.2) is 34.9 Å². The smallest absolute Gasteiger partial charge is 0.257 e. The highest BCUT2D eigenvalue weighted by atomic mass is 19.3. The average molecular weight is 606 g/mol. The van der Waals surface area contributed by atoms with Crippen LogP contribution in [-0.2, 0) is 17.8 Å². The molecule has 0 bridgehead atoms. The number of aromatic nitrogens is 1. The van der Waals surface area contributed by atoms with Gasteiger partial charge in [-0.1, -0.05) is 25.0 Å². The third kappa shape index (κ3) is 5.69. The SMILES string of the molecule is CCC/C=C(\NNC)C1(NC(=O)C(=C2CCC2)c2c(C)c(C(=O)Nc3cc(F)c(F)c(F)c3)c3n2CCC3)CC(F)(F)C1. The van der Waals surface area contributed by atoms with Crippen molar-refractivity contribution in [3.05, 3.63) is 69.4 Å². The second kappa shape index (κ2) is 11.8. The van der Waals surface area contributed by atoms with Crippen molar-refractivity contribution in [2.24, 2.45) is 0 Å². The third-order valence-electron chi connectivity index (χ3n) is 8.54. The molecule has 4 N–H and O–H groups in total. The van der Waals surface area contributed by atoms with Gasteiger partial charge < -0.3 is 20.6 Å². The summed E-state index contributed by atoms with van der Waals surface area (Å²) in [5, 5.41) is 5.43. The molecule has 43 heavy (non-hydrogen) atoms. The molecular formula is C31H36F5N5O2. The number of hydrogen-bond acceptors (Lipinski definition) is 4. The number of amides is 2. The van der Waals surface area contributed by atoms with Crippen molar-refractivity contribution in [1.82, 2.24) is 20.7 Å². The predicted octanol–water partition coefficient (Wildman–Crippen LogP) is 6.04. The Labute approximate surface area is 246 Å². The molecule has 1 aromatic carbocycles. The van der Waals surface area contributed by atoms with Crippen LogP contribution >= 0.6 is 0 Å². The Balaban J connectivity index is 1.53. The molecular weight excluding hydrogens is 569 g/mol. The summed E-state index contributed by atoms with van der Waals surface area (Å²) < 4.78 is 71.9. The number of benzene rings is 1. The number of nitrogens with one attached hydrogen (secondary N) is 4. The van der Waals surface area contributed by atoms with Gasteiger partial charge in [-0.3, -0.25) is 9.59 Å². The minimum atomic E-state index is -2.94. The van der Waals surface area contributed by atoms with E-state index in [-0.39, 0.29) is 11.3 Å². The van der Waals surface area contributed by atoms with Crippen molar-refractivity contribution in [1.29, 1.82) is 0 Å². The maximum absolute atomic E-state index is 14.4. The van der Waals surface area contributed by atoms with E-state index in [1.165, 1.54) is 0 Å². The lowest BCUT2D eigenvalue weighted by atomic mass is 9.70. The van der Waals surface area contributed by atoms with Crippen LogP contribution < -0.4 is 21.5 Å². The zero-order chi connectivity index (χ0) is 31.1. The van der Waals surface area contributed by atoms with Gasteiger partial charge in [-0.25, -0.2) is 27.4 Å². The van der Waals surface area contributed by atoms with E-state index >= 15 is 0 Å². The van der Waals surface area contributed by atoms with E-state index in [4.69, 9.17) is 0 Å². The number of carbonyl (C=O) groups excluding carboxylic acids is 2. The Kier molecular flexibility index (Phi) is 8.43. The number of anilines is 1. The predicted molar refractivity (Wildman–Crippen MR) is 153 cm³/mol. The monoisotopic (exact) mass is 605 g/mol. The Morgan fingerprint density at radius 2 is 1.72 bits per heavy atom. The van der Waals surface area contributed by atoms with E-state index in [1.807, 2.05) is 17.6 Å². The Bertz CT molecular complexity index is 1490. The van der Waals surface area contributed by atoms with Gasteiger partial charge in [0.25, 0.3) is 17.7 Å². The Morgan fingerprint density at radius 1 is 1.05 bits per heavy atom. The summed E-state index contributed by atoms with van der Waals surface area (Å²) >= 11 is 0. The fourth-order valence-electron chi connectivity index (χ4n) is 6.45. The number of unbranched alkanes of at least 4 members (excludes halogenated alkanes) is 1. The lowest BCUT2D eigenvalue weighted by Gasteiger charge is -2.49. The van der Waals surface area contributed by atoms with Gasteiger partial charge in [0, 0.05) is 55.6 Å². The van der Waals surface area contributed by atoms with Gasteiger partial charge in [0.2, 0.25) is 0 Å². The number of nitrogens with zero attached hydrogens (tertiary/aromatic N) is 1. The maximum Gasteiger partial charge on any atom is 0.257 e. The Morgan fingerprint density at radius 3 is 2.28 bits per heavy atom. The van der Waals surface area contributed by atoms with Crippen molar-refractivity contribution in [3.63, 3.8) is 0 Å². The van der Waals surface area contributed by atoms with Crippen LogP contribution in [0.3, 0.4) is 0 Å². The summed E-state index contributed by atoms with van der Waals surface area (Å²) in [4.78, 5) is 27.7. The van der Waals surface area contributed by atoms with Gasteiger partial charge in [-0.15, -0.1) is 0 Å². The Hall–Kier alpha value is -3.67. The normalized spacial score (nSPS) is 18.4. The minimum absolute atomic E-state index is 0.244. The molecule has 1 aromatic heterocycles. The van der Waals surface area contributed by atoms with E-state index in [1.54, 1.807) is 14.0 Å². The molecule has 0 saturated heterocycles. The highest BCUT2D eigenvalue weighted by molar-refractivity contribution is 6.22. The van der Waals surface area contributed by atoms with Gasteiger partial charge in [0.15, 0.2) is 17.5 Å². The molecule has 12 heteroatoms. The first-order valence-electron chi connectivity index (χ1n) is 14.7. The van der Waals surface area contributed by atoms with E-state index in [0.717, 1.165) is 18.4 Å². The first-order chi connectivity index (χ1) is 20.4. The zero-order valence-corrected chi connectivity index (χ0v) is 24.5. The molecule has 7 nitrogen and oxygen atoms in total. The second-order valence-corrected chi connectivity index (χ2v) is 11.6. The van der Waals surface area contributed by atoms with Crippen LogP contribution in [0.4, 0.5) is 27.6 Å². The summed E-state index contributed by atoms with van der Waals surface area (Å²) in [6.45, 7) is 4.21. The fourth-order valence-corrected chi connectivity index (χ4v) is 6.45. The molecule has 2 fully saturated rings. The molecule has 2 aliphatic carbocycles. The van der Waals surface area contributed by atoms with Crippen LogP contribution in [0.2, 0.25) is 0 Å². The number of alkyl halides is 2. The van der Waals surface area contributed by atoms with Crippen LogP contribution in [0.1, 0.15) is 85.6 Å². The summed E-state index contributed by atoms with van der Waals surface area (Å²) in [6, 6.07) is 1.41. The van der Waals surface area contributed by atoms with Gasteiger partial charge in [0.05, 0.1) is 22.4 Å². The maximum atomic E-state index is 14.4. The number of hydrogen-bond donors (Lipinski definition) is 4. The molecule has 0 unspecified atom stereocenters. The molecule has 5 rings (SSSR count). The van der Waals surface area contributed by atoms with E-state index < -0.39 is 53.6 Å². The molecule has 1 aliphatic heterocycles. The molecule has 2 saturated carbocycles. The molecule has 2 heterocycles. The average Bonchev–Trinajstić information content (AvgIpc) is 3.45. The summed E-state index contributed by atoms with van der Waals surface area (Å²) in [6.07, 6.45) is 5.58. The molecule has 2 aromatic rings. The molecule has 2 amide bonds. The minimum Gasteiger partial charge on any atom is -0.343 e. The number of hydrazine groups is 1. The number of halogens is 5. The topological polar surface area (TPSA) is 87.2 Å². The van der Waals surface area contributed by atoms with Gasteiger partial charge in [-0.05, 0) is 51.0 Å². The highest BCUT2D eigenvalue weighted by Gasteiger charge is 2.59. The van der Waals surface area contributed by atoms with Gasteiger partial charge >= 0.3 is 0 Å². The fraction of sp³-hybridized carbons (Fsp3) is 0.484. The molecule has 232 valence electrons. The number of fused-ring (bicyclic) bond motifs is 1. The molecule has 0 radical (unpaired) electrons. The lowest BCUT2D eigenvalue weighted by molar-refractivity contribution is -0.137. The van der Waals surface area contributed by atoms with Crippen LogP contribution in [0.5, 0.6) is 0 Å². The van der Waals surface area contributed by atoms with E-state index in [0.29, 0.717) is 79.0 Å². The molecule has 0 spiro atoms. The molecule has 0 atom stereocenters. The first-order valence-corrected chi connectivity index (χ1v) is 14.7. The molecule has 3 aliphatic rings. The lowest BCUT2D eigenvalue weighted by Crippen LogP contribution is -2.66. The van der Waals surface area contributed by atoms with Gasteiger partial charge in [0.1, 0.15) is 0 Å². The highest BCUT2D eigenvalue weighted by Crippen LogP contribution is 2.50. The number of allylic oxidation sites excluding steroid dienone is 2. The zero-order valence-electron chi connectivity index (χ0n) is 24.5. The van der Waals surface area contributed by atoms with Crippen molar-refractivity contribution < 1.29 is 31.5 Å². The van der Waals surface area contributed by atoms with Crippen LogP contribution in [0, 0.1) is 24.4 Å². The number of carbonyl (C=O) groups is 2. The second-order valence-electron chi connectivity index (χ2n) is 11.6. The van der Waals surface area contributed by atoms with Crippen LogP contribution in [0.25, 0.3) is 5.57 Å². The van der Waals surface area contributed by atoms with Crippen LogP contribution in [0.15, 0.2) is 29.5 Å². The van der Waals surface area contributed by atoms with Crippen molar-refractivity contribution >= 4 is 23.1 Å². The van der Waals surface area contributed by atoms with E-state index in [9.17, 15) is 31.5 Å². The summed E-state index contributed by atoms with van der Waals surface area (Å²) in [7, 11) is 1.63. The number of rotatable bonds is 10. The first kappa shape index (κ1) is 30.8. The van der Waals surface area contributed by atoms with Crippen molar-refractivity contribution in [2.75, 3.05) is 12.4 Å². The van der Waals surface area contributed by atoms with Crippen molar-refractivity contribution in [2.45, 2.75) is 89.6 Å². The third-order valence-corrected chi connectivity index (χ3v) is 8.54. The largest absolute Gasteiger partial charge is 0.343 e. The summed E-state index contributed by atoms with van der Waals surface area (Å²) in [5.74, 6) is -8.57. The standard InChI is InChI=1S/C31H36F5N5O2/c1-4-5-11-23(40-37-3)30(15-31(35,36)16-30)39-29(43)25(18-8-6-9-18)27-17(2)24(22-10-7-12-41(22)27)28(42)38-19-13-20(32)26(34)21(33)14-19/h11,13-14,37,40H,4-10,12,15-16H2,1-3H3,(H,38,42)(H,39,43)/b23-11-. The van der Waals surface area contributed by atoms with Crippen molar-refractivity contribution in [3.8, 4) is 0 Å². The van der Waals surface area contributed by atoms with E-state index in [2.05, 4.69) is 21.5 Å².